The summed E-state index contributed by atoms with van der Waals surface area (Å²) in [7, 11) is 3.83. The van der Waals surface area contributed by atoms with Crippen LogP contribution in [0.5, 0.6) is 0 Å². The van der Waals surface area contributed by atoms with Crippen LogP contribution in [0, 0.1) is 20.8 Å². The molecular weight excluding hydrogens is 248 g/mol. The first kappa shape index (κ1) is 14.5. The maximum Gasteiger partial charge on any atom is 0.178 e. The number of aryl methyl sites for hydroxylation is 2. The van der Waals surface area contributed by atoms with Gasteiger partial charge in [0, 0.05) is 22.6 Å². The van der Waals surface area contributed by atoms with Crippen molar-refractivity contribution >= 4 is 5.78 Å². The third kappa shape index (κ3) is 2.83. The van der Waals surface area contributed by atoms with Gasteiger partial charge in [0.15, 0.2) is 5.78 Å². The van der Waals surface area contributed by atoms with Crippen molar-refractivity contribution in [1.29, 1.82) is 0 Å². The summed E-state index contributed by atoms with van der Waals surface area (Å²) in [5.74, 6) is 0.168. The van der Waals surface area contributed by atoms with E-state index in [1.165, 1.54) is 5.56 Å². The first-order valence-electron chi connectivity index (χ1n) is 6.84. The molecule has 0 unspecified atom stereocenters. The third-order valence-corrected chi connectivity index (χ3v) is 3.48. The molecule has 0 aliphatic carbocycles. The van der Waals surface area contributed by atoms with E-state index in [1.807, 2.05) is 38.9 Å². The number of rotatable bonds is 4. The monoisotopic (exact) mass is 270 g/mol. The van der Waals surface area contributed by atoms with E-state index in [2.05, 4.69) is 35.8 Å². The molecule has 1 aromatic heterocycles. The normalized spacial score (nSPS) is 11.1. The van der Waals surface area contributed by atoms with Crippen molar-refractivity contribution in [3.8, 4) is 5.69 Å². The number of aromatic nitrogens is 1. The Bertz CT molecular complexity index is 621. The predicted molar refractivity (Wildman–Crippen MR) is 82.9 cm³/mol. The number of ketones is 1. The van der Waals surface area contributed by atoms with Crippen molar-refractivity contribution in [3.05, 3.63) is 52.8 Å². The van der Waals surface area contributed by atoms with Crippen LogP contribution in [0.15, 0.2) is 30.3 Å². The lowest BCUT2D eigenvalue weighted by Crippen LogP contribution is -2.22. The molecule has 106 valence electrons. The lowest BCUT2D eigenvalue weighted by molar-refractivity contribution is 0.0957. The van der Waals surface area contributed by atoms with E-state index < -0.39 is 0 Å². The van der Waals surface area contributed by atoms with Crippen molar-refractivity contribution in [3.63, 3.8) is 0 Å². The number of nitrogens with zero attached hydrogens (tertiary/aromatic N) is 2. The first-order valence-corrected chi connectivity index (χ1v) is 6.84. The van der Waals surface area contributed by atoms with Crippen LogP contribution in [0.3, 0.4) is 0 Å². The molecule has 0 fully saturated rings. The van der Waals surface area contributed by atoms with Gasteiger partial charge in [0.2, 0.25) is 0 Å². The number of Topliss-reactive ketones (excluding diaryl/α,β-unsaturated/α-hetero) is 1. The molecule has 1 aromatic carbocycles. The number of hydrogen-bond acceptors (Lipinski definition) is 2. The zero-order valence-electron chi connectivity index (χ0n) is 12.9. The van der Waals surface area contributed by atoms with Crippen LogP contribution in [-0.4, -0.2) is 35.9 Å². The lowest BCUT2D eigenvalue weighted by Gasteiger charge is -2.11. The average molecular weight is 270 g/mol. The second-order valence-electron chi connectivity index (χ2n) is 5.62. The van der Waals surface area contributed by atoms with E-state index in [9.17, 15) is 4.79 Å². The first-order chi connectivity index (χ1) is 9.40. The molecule has 3 nitrogen and oxygen atoms in total. The SMILES string of the molecule is Cc1ccc(-n2c(C)cc(C(=O)CN(C)C)c2C)cc1. The number of hydrogen-bond donors (Lipinski definition) is 0. The fraction of sp³-hybridized carbons (Fsp3) is 0.353. The van der Waals surface area contributed by atoms with E-state index in [0.717, 1.165) is 22.6 Å². The summed E-state index contributed by atoms with van der Waals surface area (Å²) in [5.41, 5.74) is 5.26. The summed E-state index contributed by atoms with van der Waals surface area (Å²) in [5, 5.41) is 0. The van der Waals surface area contributed by atoms with Gasteiger partial charge in [-0.2, -0.15) is 0 Å². The molecule has 20 heavy (non-hydrogen) atoms. The second-order valence-corrected chi connectivity index (χ2v) is 5.62. The summed E-state index contributed by atoms with van der Waals surface area (Å²) in [6, 6.07) is 10.4. The minimum Gasteiger partial charge on any atom is -0.318 e. The van der Waals surface area contributed by atoms with Crippen molar-refractivity contribution in [2.24, 2.45) is 0 Å². The Hall–Kier alpha value is -1.87. The predicted octanol–water partition coefficient (Wildman–Crippen LogP) is 3.15. The molecule has 0 saturated heterocycles. The largest absolute Gasteiger partial charge is 0.318 e. The van der Waals surface area contributed by atoms with Crippen molar-refractivity contribution < 1.29 is 4.79 Å². The Morgan fingerprint density at radius 2 is 1.70 bits per heavy atom. The van der Waals surface area contributed by atoms with Gasteiger partial charge in [0.1, 0.15) is 0 Å². The zero-order valence-corrected chi connectivity index (χ0v) is 12.9. The van der Waals surface area contributed by atoms with Crippen LogP contribution >= 0.6 is 0 Å². The zero-order chi connectivity index (χ0) is 14.9. The van der Waals surface area contributed by atoms with Gasteiger partial charge >= 0.3 is 0 Å². The smallest absolute Gasteiger partial charge is 0.178 e. The molecule has 0 aliphatic rings. The Morgan fingerprint density at radius 1 is 1.10 bits per heavy atom. The van der Waals surface area contributed by atoms with E-state index in [-0.39, 0.29) is 5.78 Å². The molecule has 0 atom stereocenters. The summed E-state index contributed by atoms with van der Waals surface area (Å²) in [4.78, 5) is 14.2. The Labute approximate surface area is 120 Å². The Morgan fingerprint density at radius 3 is 2.25 bits per heavy atom. The number of likely N-dealkylation sites (N-methyl/N-ethyl adjacent to an activating group) is 1. The lowest BCUT2D eigenvalue weighted by atomic mass is 10.1. The summed E-state index contributed by atoms with van der Waals surface area (Å²) >= 11 is 0. The fourth-order valence-electron chi connectivity index (χ4n) is 2.51. The Balaban J connectivity index is 2.43. The van der Waals surface area contributed by atoms with E-state index >= 15 is 0 Å². The molecule has 0 bridgehead atoms. The minimum absolute atomic E-state index is 0.168. The molecular formula is C17H22N2O. The van der Waals surface area contributed by atoms with Crippen LogP contribution in [-0.2, 0) is 0 Å². The van der Waals surface area contributed by atoms with E-state index in [1.54, 1.807) is 0 Å². The van der Waals surface area contributed by atoms with Crippen LogP contribution in [0.2, 0.25) is 0 Å². The van der Waals surface area contributed by atoms with Gasteiger partial charge in [-0.05, 0) is 53.1 Å². The third-order valence-electron chi connectivity index (χ3n) is 3.48. The standard InChI is InChI=1S/C17H22N2O/c1-12-6-8-15(9-7-12)19-13(2)10-16(14(19)3)17(20)11-18(4)5/h6-10H,11H2,1-5H3. The van der Waals surface area contributed by atoms with Gasteiger partial charge in [-0.15, -0.1) is 0 Å². The van der Waals surface area contributed by atoms with Crippen molar-refractivity contribution in [2.75, 3.05) is 20.6 Å². The summed E-state index contributed by atoms with van der Waals surface area (Å²) in [6.07, 6.45) is 0. The van der Waals surface area contributed by atoms with E-state index in [4.69, 9.17) is 0 Å². The molecule has 0 saturated carbocycles. The van der Waals surface area contributed by atoms with Crippen LogP contribution < -0.4 is 0 Å². The number of benzene rings is 1. The second kappa shape index (κ2) is 5.63. The fourth-order valence-corrected chi connectivity index (χ4v) is 2.51. The molecule has 0 amide bonds. The highest BCUT2D eigenvalue weighted by molar-refractivity contribution is 5.99. The van der Waals surface area contributed by atoms with Gasteiger partial charge in [0.25, 0.3) is 0 Å². The molecule has 0 spiro atoms. The van der Waals surface area contributed by atoms with Gasteiger partial charge in [-0.25, -0.2) is 0 Å². The topological polar surface area (TPSA) is 25.2 Å². The van der Waals surface area contributed by atoms with Gasteiger partial charge in [-0.1, -0.05) is 17.7 Å². The van der Waals surface area contributed by atoms with Crippen molar-refractivity contribution in [1.82, 2.24) is 9.47 Å². The van der Waals surface area contributed by atoms with Crippen LogP contribution in [0.4, 0.5) is 0 Å². The van der Waals surface area contributed by atoms with Crippen molar-refractivity contribution in [2.45, 2.75) is 20.8 Å². The van der Waals surface area contributed by atoms with Crippen LogP contribution in [0.1, 0.15) is 27.3 Å². The highest BCUT2D eigenvalue weighted by Gasteiger charge is 2.16. The summed E-state index contributed by atoms with van der Waals surface area (Å²) < 4.78 is 2.14. The molecule has 0 radical (unpaired) electrons. The summed E-state index contributed by atoms with van der Waals surface area (Å²) in [6.45, 7) is 6.57. The molecule has 2 aromatic rings. The molecule has 1 heterocycles. The van der Waals surface area contributed by atoms with E-state index in [0.29, 0.717) is 6.54 Å². The van der Waals surface area contributed by atoms with Gasteiger partial charge in [0.05, 0.1) is 6.54 Å². The number of carbonyl (C=O) groups is 1. The highest BCUT2D eigenvalue weighted by Crippen LogP contribution is 2.21. The van der Waals surface area contributed by atoms with Gasteiger partial charge in [-0.3, -0.25) is 4.79 Å². The number of carbonyl (C=O) groups excluding carboxylic acids is 1. The Kier molecular flexibility index (Phi) is 4.09. The van der Waals surface area contributed by atoms with Gasteiger partial charge < -0.3 is 9.47 Å². The quantitative estimate of drug-likeness (QED) is 0.797. The molecule has 0 aliphatic heterocycles. The maximum absolute atomic E-state index is 12.3. The molecule has 3 heteroatoms. The minimum atomic E-state index is 0.168. The average Bonchev–Trinajstić information content (AvgIpc) is 2.66. The molecule has 0 N–H and O–H groups in total. The molecule has 2 rings (SSSR count). The van der Waals surface area contributed by atoms with Crippen LogP contribution in [0.25, 0.3) is 5.69 Å². The highest BCUT2D eigenvalue weighted by atomic mass is 16.1. The maximum atomic E-state index is 12.3.